The minimum Gasteiger partial charge on any atom is -0.381 e. The number of methoxy groups -OCH3 is 1. The van der Waals surface area contributed by atoms with Crippen LogP contribution in [-0.4, -0.2) is 46.2 Å². The van der Waals surface area contributed by atoms with Gasteiger partial charge in [-0.25, -0.2) is 8.42 Å². The van der Waals surface area contributed by atoms with Gasteiger partial charge in [0.2, 0.25) is 0 Å². The molecule has 15 heavy (non-hydrogen) atoms. The van der Waals surface area contributed by atoms with Gasteiger partial charge in [-0.3, -0.25) is 0 Å². The summed E-state index contributed by atoms with van der Waals surface area (Å²) in [5, 5.41) is 3.27. The zero-order valence-electron chi connectivity index (χ0n) is 9.91. The van der Waals surface area contributed by atoms with Crippen molar-refractivity contribution in [1.29, 1.82) is 0 Å². The van der Waals surface area contributed by atoms with E-state index in [-0.39, 0.29) is 17.3 Å². The average molecular weight is 235 g/mol. The summed E-state index contributed by atoms with van der Waals surface area (Å²) >= 11 is 0. The van der Waals surface area contributed by atoms with Crippen LogP contribution in [0.1, 0.15) is 20.3 Å². The fourth-order valence-corrected chi connectivity index (χ4v) is 2.54. The van der Waals surface area contributed by atoms with Crippen LogP contribution in [0, 0.1) is 5.41 Å². The molecule has 2 atom stereocenters. The van der Waals surface area contributed by atoms with Gasteiger partial charge in [0.25, 0.3) is 0 Å². The fourth-order valence-electron chi connectivity index (χ4n) is 2.05. The maximum Gasteiger partial charge on any atom is 0.148 e. The molecule has 1 rings (SSSR count). The Hall–Kier alpha value is -0.130. The lowest BCUT2D eigenvalue weighted by Crippen LogP contribution is -2.61. The van der Waals surface area contributed by atoms with Crippen molar-refractivity contribution < 1.29 is 13.2 Å². The molecule has 0 aromatic rings. The first-order valence-corrected chi connectivity index (χ1v) is 7.27. The number of nitrogens with one attached hydrogen (secondary N) is 1. The molecule has 0 saturated heterocycles. The van der Waals surface area contributed by atoms with Crippen LogP contribution in [0.3, 0.4) is 0 Å². The highest BCUT2D eigenvalue weighted by Crippen LogP contribution is 2.42. The van der Waals surface area contributed by atoms with Gasteiger partial charge in [-0.15, -0.1) is 0 Å². The number of rotatable bonds is 5. The van der Waals surface area contributed by atoms with E-state index in [9.17, 15) is 8.42 Å². The Kier molecular flexibility index (Phi) is 3.79. The number of hydrogen-bond acceptors (Lipinski definition) is 4. The van der Waals surface area contributed by atoms with Crippen LogP contribution in [-0.2, 0) is 14.6 Å². The zero-order valence-corrected chi connectivity index (χ0v) is 10.7. The predicted molar refractivity (Wildman–Crippen MR) is 60.7 cm³/mol. The van der Waals surface area contributed by atoms with Crippen LogP contribution in [0.5, 0.6) is 0 Å². The van der Waals surface area contributed by atoms with Crippen LogP contribution in [0.25, 0.3) is 0 Å². The minimum absolute atomic E-state index is 0.103. The quantitative estimate of drug-likeness (QED) is 0.751. The lowest BCUT2D eigenvalue weighted by Gasteiger charge is -2.51. The van der Waals surface area contributed by atoms with Gasteiger partial charge in [0.15, 0.2) is 0 Å². The maximum absolute atomic E-state index is 10.9. The van der Waals surface area contributed by atoms with Crippen molar-refractivity contribution in [1.82, 2.24) is 5.32 Å². The molecule has 0 aromatic heterocycles. The van der Waals surface area contributed by atoms with Crippen molar-refractivity contribution in [3.8, 4) is 0 Å². The SMILES string of the molecule is COC1CC(NCCS(C)(=O)=O)C1(C)C. The molecule has 1 N–H and O–H groups in total. The molecule has 5 heteroatoms. The van der Waals surface area contributed by atoms with E-state index in [1.54, 1.807) is 7.11 Å². The minimum atomic E-state index is -2.85. The van der Waals surface area contributed by atoms with E-state index >= 15 is 0 Å². The highest BCUT2D eigenvalue weighted by Gasteiger charge is 2.48. The molecule has 4 nitrogen and oxygen atoms in total. The van der Waals surface area contributed by atoms with E-state index in [1.165, 1.54) is 6.26 Å². The molecule has 0 aromatic carbocycles. The Morgan fingerprint density at radius 1 is 1.47 bits per heavy atom. The second-order valence-electron chi connectivity index (χ2n) is 4.92. The molecule has 0 radical (unpaired) electrons. The Balaban J connectivity index is 2.31. The third kappa shape index (κ3) is 3.16. The van der Waals surface area contributed by atoms with E-state index in [0.717, 1.165) is 6.42 Å². The topological polar surface area (TPSA) is 55.4 Å². The molecule has 0 aliphatic heterocycles. The lowest BCUT2D eigenvalue weighted by atomic mass is 9.64. The first kappa shape index (κ1) is 12.9. The summed E-state index contributed by atoms with van der Waals surface area (Å²) in [6.07, 6.45) is 2.51. The van der Waals surface area contributed by atoms with E-state index in [0.29, 0.717) is 12.6 Å². The highest BCUT2D eigenvalue weighted by atomic mass is 32.2. The normalized spacial score (nSPS) is 29.9. The highest BCUT2D eigenvalue weighted by molar-refractivity contribution is 7.90. The van der Waals surface area contributed by atoms with Gasteiger partial charge in [-0.05, 0) is 6.42 Å². The van der Waals surface area contributed by atoms with Gasteiger partial charge < -0.3 is 10.1 Å². The van der Waals surface area contributed by atoms with Gasteiger partial charge in [0.1, 0.15) is 9.84 Å². The largest absolute Gasteiger partial charge is 0.381 e. The van der Waals surface area contributed by atoms with Crippen molar-refractivity contribution >= 4 is 9.84 Å². The van der Waals surface area contributed by atoms with Gasteiger partial charge >= 0.3 is 0 Å². The molecule has 1 saturated carbocycles. The second kappa shape index (κ2) is 4.39. The zero-order chi connectivity index (χ0) is 11.7. The van der Waals surface area contributed by atoms with Gasteiger partial charge in [-0.2, -0.15) is 0 Å². The summed E-state index contributed by atoms with van der Waals surface area (Å²) in [6, 6.07) is 0.365. The molecule has 2 unspecified atom stereocenters. The van der Waals surface area contributed by atoms with E-state index in [2.05, 4.69) is 19.2 Å². The fraction of sp³-hybridized carbons (Fsp3) is 1.00. The summed E-state index contributed by atoms with van der Waals surface area (Å²) in [4.78, 5) is 0. The average Bonchev–Trinajstić information content (AvgIpc) is 2.08. The van der Waals surface area contributed by atoms with E-state index < -0.39 is 9.84 Å². The van der Waals surface area contributed by atoms with Crippen molar-refractivity contribution in [3.63, 3.8) is 0 Å². The van der Waals surface area contributed by atoms with Crippen LogP contribution >= 0.6 is 0 Å². The van der Waals surface area contributed by atoms with Crippen LogP contribution in [0.4, 0.5) is 0 Å². The van der Waals surface area contributed by atoms with Crippen LogP contribution in [0.2, 0.25) is 0 Å². The van der Waals surface area contributed by atoms with Crippen molar-refractivity contribution in [3.05, 3.63) is 0 Å². The molecule has 0 heterocycles. The molecule has 0 amide bonds. The third-order valence-corrected chi connectivity index (χ3v) is 4.27. The lowest BCUT2D eigenvalue weighted by molar-refractivity contribution is -0.0968. The Labute approximate surface area is 92.3 Å². The summed E-state index contributed by atoms with van der Waals surface area (Å²) in [6.45, 7) is 4.81. The summed E-state index contributed by atoms with van der Waals surface area (Å²) in [5.41, 5.74) is 0.103. The van der Waals surface area contributed by atoms with Crippen LogP contribution < -0.4 is 5.32 Å². The molecular formula is C10H21NO3S. The maximum atomic E-state index is 10.9. The van der Waals surface area contributed by atoms with Gasteiger partial charge in [0.05, 0.1) is 11.9 Å². The number of sulfone groups is 1. The number of hydrogen-bond donors (Lipinski definition) is 1. The first-order valence-electron chi connectivity index (χ1n) is 5.21. The standard InChI is InChI=1S/C10H21NO3S/c1-10(2)8(7-9(10)14-3)11-5-6-15(4,12)13/h8-9,11H,5-7H2,1-4H3. The van der Waals surface area contributed by atoms with Crippen molar-refractivity contribution in [2.75, 3.05) is 25.7 Å². The van der Waals surface area contributed by atoms with Gasteiger partial charge in [0, 0.05) is 31.4 Å². The first-order chi connectivity index (χ1) is 6.77. The third-order valence-electron chi connectivity index (χ3n) is 3.33. The molecule has 0 spiro atoms. The monoisotopic (exact) mass is 235 g/mol. The molecular weight excluding hydrogens is 214 g/mol. The van der Waals surface area contributed by atoms with E-state index in [4.69, 9.17) is 4.74 Å². The van der Waals surface area contributed by atoms with Crippen molar-refractivity contribution in [2.24, 2.45) is 5.41 Å². The summed E-state index contributed by atoms with van der Waals surface area (Å²) < 4.78 is 27.2. The molecule has 90 valence electrons. The Morgan fingerprint density at radius 3 is 2.47 bits per heavy atom. The molecule has 1 aliphatic rings. The Morgan fingerprint density at radius 2 is 2.07 bits per heavy atom. The smallest absolute Gasteiger partial charge is 0.148 e. The van der Waals surface area contributed by atoms with E-state index in [1.807, 2.05) is 0 Å². The van der Waals surface area contributed by atoms with Crippen LogP contribution in [0.15, 0.2) is 0 Å². The summed E-state index contributed by atoms with van der Waals surface area (Å²) in [5.74, 6) is 0.206. The predicted octanol–water partition coefficient (Wildman–Crippen LogP) is 0.434. The molecule has 0 bridgehead atoms. The number of ether oxygens (including phenoxy) is 1. The van der Waals surface area contributed by atoms with Crippen molar-refractivity contribution in [2.45, 2.75) is 32.4 Å². The molecule has 1 fully saturated rings. The molecule has 1 aliphatic carbocycles. The second-order valence-corrected chi connectivity index (χ2v) is 7.18. The Bertz CT molecular complexity index is 311. The summed E-state index contributed by atoms with van der Waals surface area (Å²) in [7, 11) is -1.13. The van der Waals surface area contributed by atoms with Gasteiger partial charge in [-0.1, -0.05) is 13.8 Å².